The van der Waals surface area contributed by atoms with Gasteiger partial charge in [-0.3, -0.25) is 19.3 Å². The van der Waals surface area contributed by atoms with Crippen molar-refractivity contribution < 1.29 is 82.3 Å². The van der Waals surface area contributed by atoms with Crippen molar-refractivity contribution in [2.75, 3.05) is 32.9 Å². The first-order chi connectivity index (χ1) is 29.1. The van der Waals surface area contributed by atoms with Crippen LogP contribution in [0.1, 0.15) is 78.3 Å². The van der Waals surface area contributed by atoms with Crippen LogP contribution in [-0.4, -0.2) is 186 Å². The molecule has 0 bridgehead atoms. The summed E-state index contributed by atoms with van der Waals surface area (Å²) in [7, 11) is 0. The van der Waals surface area contributed by atoms with Crippen molar-refractivity contribution in [3.63, 3.8) is 0 Å². The highest BCUT2D eigenvalue weighted by Crippen LogP contribution is 2.43. The number of Topliss-reactive ketones (excluding diaryl/α,β-unsaturated/α-hetero) is 1. The van der Waals surface area contributed by atoms with Crippen LogP contribution in [0.5, 0.6) is 0 Å². The van der Waals surface area contributed by atoms with Gasteiger partial charge in [0, 0.05) is 25.9 Å². The van der Waals surface area contributed by atoms with Gasteiger partial charge in [-0.15, -0.1) is 5.10 Å². The molecule has 0 radical (unpaired) electrons. The minimum atomic E-state index is -2.29. The predicted molar refractivity (Wildman–Crippen MR) is 203 cm³/mol. The van der Waals surface area contributed by atoms with Crippen LogP contribution >= 0.6 is 0 Å². The molecule has 344 valence electrons. The highest BCUT2D eigenvalue weighted by Gasteiger charge is 2.58. The number of carbonyl (C=O) groups is 5. The van der Waals surface area contributed by atoms with Gasteiger partial charge in [-0.05, 0) is 46.0 Å². The van der Waals surface area contributed by atoms with Gasteiger partial charge in [0.15, 0.2) is 24.9 Å². The van der Waals surface area contributed by atoms with Gasteiger partial charge in [0.05, 0.1) is 69.3 Å². The number of likely N-dealkylation sites (tertiary alicyclic amines) is 1. The molecule has 1 aromatic rings. The van der Waals surface area contributed by atoms with E-state index >= 15 is 0 Å². The van der Waals surface area contributed by atoms with E-state index < -0.39 is 79.3 Å². The summed E-state index contributed by atoms with van der Waals surface area (Å²) in [6.45, 7) is 7.58. The number of aliphatic hydroxyl groups is 4. The van der Waals surface area contributed by atoms with Crippen LogP contribution in [0.25, 0.3) is 0 Å². The minimum Gasteiger partial charge on any atom is -0.479 e. The molecule has 3 amide bonds. The smallest absolute Gasteiger partial charge is 0.335 e. The number of ether oxygens (including phenoxy) is 6. The summed E-state index contributed by atoms with van der Waals surface area (Å²) in [6, 6.07) is 0. The average molecular weight is 874 g/mol. The molecule has 14 atom stereocenters. The summed E-state index contributed by atoms with van der Waals surface area (Å²) >= 11 is 0. The number of carbonyl (C=O) groups excluding carboxylic acids is 4. The zero-order valence-electron chi connectivity index (χ0n) is 34.9. The van der Waals surface area contributed by atoms with Gasteiger partial charge in [0.25, 0.3) is 0 Å². The molecule has 5 heterocycles. The number of ketones is 1. The Labute approximate surface area is 352 Å². The third kappa shape index (κ3) is 11.7. The second-order valence-electron chi connectivity index (χ2n) is 15.9. The summed E-state index contributed by atoms with van der Waals surface area (Å²) in [5.41, 5.74) is 0.495. The number of nitrogens with zero attached hydrogens (tertiary/aromatic N) is 5. The molecule has 61 heavy (non-hydrogen) atoms. The van der Waals surface area contributed by atoms with Gasteiger partial charge < -0.3 is 63.6 Å². The first-order valence-electron chi connectivity index (χ1n) is 21.0. The van der Waals surface area contributed by atoms with Gasteiger partial charge in [-0.25, -0.2) is 13.9 Å². The number of halogens is 1. The Kier molecular flexibility index (Phi) is 17.6. The van der Waals surface area contributed by atoms with Crippen LogP contribution in [0.2, 0.25) is 0 Å². The number of amides is 3. The molecular formula is C39H60FN5O16. The predicted octanol–water partition coefficient (Wildman–Crippen LogP) is -0.911. The number of fused-ring (bicyclic) bond motifs is 1. The number of hydrogen-bond acceptors (Lipinski definition) is 17. The summed E-state index contributed by atoms with van der Waals surface area (Å²) in [5.74, 6) is -3.14. The Morgan fingerprint density at radius 2 is 1.54 bits per heavy atom. The monoisotopic (exact) mass is 873 g/mol. The van der Waals surface area contributed by atoms with Crippen LogP contribution in [0, 0.1) is 11.8 Å². The third-order valence-electron chi connectivity index (χ3n) is 11.6. The Morgan fingerprint density at radius 3 is 2.18 bits per heavy atom. The number of alkyl halides is 1. The molecule has 0 spiro atoms. The van der Waals surface area contributed by atoms with E-state index in [-0.39, 0.29) is 81.5 Å². The number of carboxylic acids is 1. The highest BCUT2D eigenvalue weighted by molar-refractivity contribution is 6.06. The summed E-state index contributed by atoms with van der Waals surface area (Å²) in [4.78, 5) is 66.1. The quantitative estimate of drug-likeness (QED) is 0.0657. The second kappa shape index (κ2) is 22.2. The lowest BCUT2D eigenvalue weighted by Gasteiger charge is -2.44. The topological polar surface area (TPSA) is 279 Å². The van der Waals surface area contributed by atoms with Crippen molar-refractivity contribution >= 4 is 29.5 Å². The Morgan fingerprint density at radius 1 is 0.852 bits per heavy atom. The number of aliphatic hydroxyl groups excluding tert-OH is 4. The molecule has 1 aromatic heterocycles. The molecule has 4 aliphatic heterocycles. The fraction of sp³-hybridized carbons (Fsp3) is 0.821. The van der Waals surface area contributed by atoms with Crippen molar-refractivity contribution in [3.05, 3.63) is 11.9 Å². The van der Waals surface area contributed by atoms with Crippen LogP contribution in [0.4, 0.5) is 4.39 Å². The van der Waals surface area contributed by atoms with Gasteiger partial charge >= 0.3 is 5.97 Å². The van der Waals surface area contributed by atoms with E-state index in [1.165, 1.54) is 23.4 Å². The molecular weight excluding hydrogens is 813 g/mol. The number of carboxylic acid groups (broad SMARTS) is 1. The molecule has 4 fully saturated rings. The Bertz CT molecular complexity index is 1630. The fourth-order valence-electron chi connectivity index (χ4n) is 8.13. The third-order valence-corrected chi connectivity index (χ3v) is 11.6. The molecule has 22 heteroatoms. The van der Waals surface area contributed by atoms with E-state index in [0.717, 1.165) is 0 Å². The Hall–Kier alpha value is -3.58. The van der Waals surface area contributed by atoms with E-state index in [1.54, 1.807) is 11.1 Å². The second-order valence-corrected chi connectivity index (χ2v) is 15.9. The van der Waals surface area contributed by atoms with Crippen molar-refractivity contribution in [3.8, 4) is 0 Å². The molecule has 5 N–H and O–H groups in total. The summed E-state index contributed by atoms with van der Waals surface area (Å²) in [6.07, 6.45) is -13.5. The van der Waals surface area contributed by atoms with Crippen molar-refractivity contribution in [1.82, 2.24) is 24.8 Å². The number of unbranched alkanes of at least 4 members (excludes halogenated alkanes) is 2. The van der Waals surface area contributed by atoms with E-state index in [4.69, 9.17) is 28.4 Å². The Balaban J connectivity index is 1.03. The maximum atomic E-state index is 14.6. The average Bonchev–Trinajstić information content (AvgIpc) is 3.92. The molecule has 0 aromatic carbocycles. The zero-order valence-corrected chi connectivity index (χ0v) is 34.9. The van der Waals surface area contributed by atoms with Crippen LogP contribution in [0.3, 0.4) is 0 Å². The highest BCUT2D eigenvalue weighted by atomic mass is 19.1. The molecule has 5 rings (SSSR count). The van der Waals surface area contributed by atoms with E-state index in [1.807, 2.05) is 13.8 Å². The van der Waals surface area contributed by atoms with Crippen molar-refractivity contribution in [2.45, 2.75) is 159 Å². The first-order valence-corrected chi connectivity index (χ1v) is 21.0. The SMILES string of the molecule is CC[C@@H]1O[C@H](CC)[C@@H]2C(=O)N(CCCCCN(Cc3cn(CCOCCO[C@@H]4OC(C(=O)O)[C@@H](O[C@H]5OC(C)[C@@H](O)[C@H](O)C5F)[C@H](O)C4O)nn3)C(=O)CCC(C)=O)C(=O)[C@@H]21. The normalized spacial score (nSPS) is 33.9. The molecule has 4 saturated heterocycles. The largest absolute Gasteiger partial charge is 0.479 e. The molecule has 0 saturated carbocycles. The van der Waals surface area contributed by atoms with Crippen molar-refractivity contribution in [1.29, 1.82) is 0 Å². The lowest BCUT2D eigenvalue weighted by molar-refractivity contribution is -0.345. The molecule has 21 nitrogen and oxygen atoms in total. The number of aliphatic carboxylic acids is 1. The molecule has 0 aliphatic carbocycles. The van der Waals surface area contributed by atoms with Gasteiger partial charge in [0.1, 0.15) is 42.0 Å². The number of aromatic nitrogens is 3. The summed E-state index contributed by atoms with van der Waals surface area (Å²) < 4.78 is 49.0. The van der Waals surface area contributed by atoms with E-state index in [2.05, 4.69) is 10.3 Å². The number of imide groups is 1. The van der Waals surface area contributed by atoms with Crippen LogP contribution in [-0.2, 0) is 65.5 Å². The maximum absolute atomic E-state index is 14.6. The zero-order chi connectivity index (χ0) is 44.5. The maximum Gasteiger partial charge on any atom is 0.335 e. The molecule has 4 unspecified atom stereocenters. The van der Waals surface area contributed by atoms with Gasteiger partial charge in [-0.1, -0.05) is 19.1 Å². The standard InChI is InChI=1S/C39H60FN5O16/c1-5-23-26-27(24(6-2)59-23)36(53)45(35(26)52)13-9-7-8-12-43(25(47)11-10-20(3)46)18-22-19-44(42-41-22)14-15-56-16-17-57-39-32(51)31(50)33(34(61-39)37(54)55)60-38-28(40)30(49)29(48)21(4)58-38/h19,21,23-24,26-34,38-39,48-51H,5-18H2,1-4H3,(H,54,55)/t21?,23-,24+,26+,27-,28?,29-,30-,31-,32?,33+,34?,38-,39-/m1/s1. The first kappa shape index (κ1) is 48.5. The fourth-order valence-corrected chi connectivity index (χ4v) is 8.13. The van der Waals surface area contributed by atoms with Crippen LogP contribution < -0.4 is 0 Å². The van der Waals surface area contributed by atoms with Gasteiger partial charge in [0.2, 0.25) is 17.7 Å². The van der Waals surface area contributed by atoms with E-state index in [9.17, 15) is 53.9 Å². The van der Waals surface area contributed by atoms with E-state index in [0.29, 0.717) is 50.9 Å². The lowest BCUT2D eigenvalue weighted by Crippen LogP contribution is -2.64. The lowest BCUT2D eigenvalue weighted by atomic mass is 9.88. The van der Waals surface area contributed by atoms with Gasteiger partial charge in [-0.2, -0.15) is 0 Å². The number of hydrogen-bond donors (Lipinski definition) is 5. The van der Waals surface area contributed by atoms with Crippen molar-refractivity contribution in [2.24, 2.45) is 11.8 Å². The summed E-state index contributed by atoms with van der Waals surface area (Å²) in [5, 5.41) is 59.1. The van der Waals surface area contributed by atoms with Crippen LogP contribution in [0.15, 0.2) is 6.20 Å². The molecule has 4 aliphatic rings. The number of rotatable bonds is 23. The minimum absolute atomic E-state index is 0.0382.